The fourth-order valence-electron chi connectivity index (χ4n) is 2.70. The van der Waals surface area contributed by atoms with Gasteiger partial charge in [0, 0.05) is 12.1 Å². The molecule has 0 bridgehead atoms. The molecule has 19 heavy (non-hydrogen) atoms. The fourth-order valence-corrected chi connectivity index (χ4v) is 2.70. The molecule has 2 aliphatic rings. The molecule has 0 spiro atoms. The van der Waals surface area contributed by atoms with Gasteiger partial charge in [-0.2, -0.15) is 0 Å². The minimum atomic E-state index is 0.269. The second-order valence-corrected chi connectivity index (χ2v) is 5.25. The third kappa shape index (κ3) is 3.00. The Morgan fingerprint density at radius 2 is 2.11 bits per heavy atom. The Kier molecular flexibility index (Phi) is 3.58. The van der Waals surface area contributed by atoms with Crippen LogP contribution in [0.25, 0.3) is 0 Å². The SMILES string of the molecule is CC(C=C1CCCCC1)Nc1cnc2c(c1)OCO2. The highest BCUT2D eigenvalue weighted by Crippen LogP contribution is 2.32. The number of ether oxygens (including phenoxy) is 2. The van der Waals surface area contributed by atoms with Crippen molar-refractivity contribution in [1.82, 2.24) is 4.98 Å². The van der Waals surface area contributed by atoms with Gasteiger partial charge in [-0.15, -0.1) is 0 Å². The van der Waals surface area contributed by atoms with Crippen molar-refractivity contribution in [2.45, 2.75) is 45.1 Å². The van der Waals surface area contributed by atoms with Crippen LogP contribution in [0.4, 0.5) is 5.69 Å². The van der Waals surface area contributed by atoms with Gasteiger partial charge in [0.2, 0.25) is 6.79 Å². The fraction of sp³-hybridized carbons (Fsp3) is 0.533. The average Bonchev–Trinajstić information content (AvgIpc) is 2.87. The van der Waals surface area contributed by atoms with E-state index in [1.807, 2.05) is 6.07 Å². The van der Waals surface area contributed by atoms with E-state index < -0.39 is 0 Å². The number of hydrogen-bond acceptors (Lipinski definition) is 4. The molecule has 0 radical (unpaired) electrons. The maximum Gasteiger partial charge on any atom is 0.260 e. The van der Waals surface area contributed by atoms with Gasteiger partial charge in [0.1, 0.15) is 0 Å². The Bertz CT molecular complexity index is 477. The molecule has 1 unspecified atom stereocenters. The zero-order valence-electron chi connectivity index (χ0n) is 11.3. The summed E-state index contributed by atoms with van der Waals surface area (Å²) in [7, 11) is 0. The summed E-state index contributed by atoms with van der Waals surface area (Å²) in [6.07, 6.45) is 10.7. The number of rotatable bonds is 3. The summed E-state index contributed by atoms with van der Waals surface area (Å²) < 4.78 is 10.5. The monoisotopic (exact) mass is 260 g/mol. The van der Waals surface area contributed by atoms with Gasteiger partial charge in [0.15, 0.2) is 5.75 Å². The van der Waals surface area contributed by atoms with Gasteiger partial charge in [-0.25, -0.2) is 4.98 Å². The molecular formula is C15H20N2O2. The molecule has 0 saturated heterocycles. The molecule has 4 heteroatoms. The van der Waals surface area contributed by atoms with Crippen LogP contribution >= 0.6 is 0 Å². The van der Waals surface area contributed by atoms with Crippen LogP contribution in [0, 0.1) is 0 Å². The molecule has 1 aromatic heterocycles. The number of nitrogens with zero attached hydrogens (tertiary/aromatic N) is 1. The molecule has 3 rings (SSSR count). The first-order valence-electron chi connectivity index (χ1n) is 7.03. The summed E-state index contributed by atoms with van der Waals surface area (Å²) in [5.41, 5.74) is 2.56. The summed E-state index contributed by atoms with van der Waals surface area (Å²) in [6.45, 7) is 2.44. The first kappa shape index (κ1) is 12.3. The van der Waals surface area contributed by atoms with E-state index in [4.69, 9.17) is 9.47 Å². The molecule has 0 amide bonds. The number of allylic oxidation sites excluding steroid dienone is 1. The summed E-state index contributed by atoms with van der Waals surface area (Å²) in [4.78, 5) is 4.23. The van der Waals surface area contributed by atoms with Crippen LogP contribution in [0.15, 0.2) is 23.9 Å². The highest BCUT2D eigenvalue weighted by atomic mass is 16.7. The Balaban J connectivity index is 1.64. The lowest BCUT2D eigenvalue weighted by Crippen LogP contribution is -2.13. The first-order chi connectivity index (χ1) is 9.31. The number of pyridine rings is 1. The van der Waals surface area contributed by atoms with E-state index in [9.17, 15) is 0 Å². The Morgan fingerprint density at radius 3 is 2.95 bits per heavy atom. The predicted molar refractivity (Wildman–Crippen MR) is 74.6 cm³/mol. The maximum atomic E-state index is 5.33. The van der Waals surface area contributed by atoms with Gasteiger partial charge in [-0.05, 0) is 32.6 Å². The molecule has 1 aliphatic heterocycles. The van der Waals surface area contributed by atoms with Crippen LogP contribution in [0.3, 0.4) is 0 Å². The van der Waals surface area contributed by atoms with Gasteiger partial charge >= 0.3 is 0 Å². The largest absolute Gasteiger partial charge is 0.452 e. The smallest absolute Gasteiger partial charge is 0.260 e. The first-order valence-corrected chi connectivity index (χ1v) is 7.03. The maximum absolute atomic E-state index is 5.33. The van der Waals surface area contributed by atoms with Crippen molar-refractivity contribution >= 4 is 5.69 Å². The van der Waals surface area contributed by atoms with E-state index in [0.717, 1.165) is 11.4 Å². The minimum absolute atomic E-state index is 0.269. The third-order valence-electron chi connectivity index (χ3n) is 3.60. The lowest BCUT2D eigenvalue weighted by atomic mass is 9.93. The van der Waals surface area contributed by atoms with E-state index in [1.54, 1.807) is 11.8 Å². The van der Waals surface area contributed by atoms with Crippen molar-refractivity contribution in [3.05, 3.63) is 23.9 Å². The second kappa shape index (κ2) is 5.51. The molecule has 4 nitrogen and oxygen atoms in total. The van der Waals surface area contributed by atoms with E-state index >= 15 is 0 Å². The van der Waals surface area contributed by atoms with Crippen LogP contribution in [-0.4, -0.2) is 17.8 Å². The predicted octanol–water partition coefficient (Wildman–Crippen LogP) is 3.50. The second-order valence-electron chi connectivity index (χ2n) is 5.25. The van der Waals surface area contributed by atoms with Gasteiger partial charge in [0.05, 0.1) is 11.9 Å². The van der Waals surface area contributed by atoms with Crippen molar-refractivity contribution in [2.24, 2.45) is 0 Å². The zero-order chi connectivity index (χ0) is 13.1. The molecule has 1 N–H and O–H groups in total. The molecule has 1 aromatic rings. The van der Waals surface area contributed by atoms with E-state index in [1.165, 1.54) is 32.1 Å². The molecule has 1 fully saturated rings. The van der Waals surface area contributed by atoms with E-state index in [0.29, 0.717) is 11.9 Å². The Morgan fingerprint density at radius 1 is 1.26 bits per heavy atom. The van der Waals surface area contributed by atoms with Crippen LogP contribution < -0.4 is 14.8 Å². The summed E-state index contributed by atoms with van der Waals surface area (Å²) in [6, 6.07) is 2.26. The van der Waals surface area contributed by atoms with Crippen molar-refractivity contribution in [1.29, 1.82) is 0 Å². The van der Waals surface area contributed by atoms with Crippen molar-refractivity contribution in [3.8, 4) is 11.6 Å². The standard InChI is InChI=1S/C15H20N2O2/c1-11(7-12-5-3-2-4-6-12)17-13-8-14-15(16-9-13)19-10-18-14/h7-9,11,17H,2-6,10H2,1H3. The average molecular weight is 260 g/mol. The highest BCUT2D eigenvalue weighted by Gasteiger charge is 2.15. The quantitative estimate of drug-likeness (QED) is 0.845. The Hall–Kier alpha value is -1.71. The van der Waals surface area contributed by atoms with E-state index in [2.05, 4.69) is 23.3 Å². The van der Waals surface area contributed by atoms with Crippen molar-refractivity contribution in [2.75, 3.05) is 12.1 Å². The number of anilines is 1. The van der Waals surface area contributed by atoms with Crippen LogP contribution in [0.5, 0.6) is 11.6 Å². The summed E-state index contributed by atoms with van der Waals surface area (Å²) in [5.74, 6) is 1.31. The number of aromatic nitrogens is 1. The van der Waals surface area contributed by atoms with Gasteiger partial charge in [-0.1, -0.05) is 18.1 Å². The topological polar surface area (TPSA) is 43.4 Å². The molecule has 102 valence electrons. The van der Waals surface area contributed by atoms with Crippen molar-refractivity contribution in [3.63, 3.8) is 0 Å². The minimum Gasteiger partial charge on any atom is -0.452 e. The van der Waals surface area contributed by atoms with Crippen LogP contribution in [-0.2, 0) is 0 Å². The zero-order valence-corrected chi connectivity index (χ0v) is 11.3. The van der Waals surface area contributed by atoms with E-state index in [-0.39, 0.29) is 6.79 Å². The van der Waals surface area contributed by atoms with Gasteiger partial charge in [-0.3, -0.25) is 0 Å². The summed E-state index contributed by atoms with van der Waals surface area (Å²) >= 11 is 0. The number of hydrogen-bond donors (Lipinski definition) is 1. The third-order valence-corrected chi connectivity index (χ3v) is 3.60. The molecular weight excluding hydrogens is 240 g/mol. The van der Waals surface area contributed by atoms with Crippen LogP contribution in [0.2, 0.25) is 0 Å². The highest BCUT2D eigenvalue weighted by molar-refractivity contribution is 5.52. The molecule has 0 aromatic carbocycles. The normalized spacial score (nSPS) is 19.1. The van der Waals surface area contributed by atoms with Crippen LogP contribution in [0.1, 0.15) is 39.0 Å². The molecule has 1 saturated carbocycles. The lowest BCUT2D eigenvalue weighted by molar-refractivity contribution is 0.171. The number of nitrogens with one attached hydrogen (secondary N) is 1. The summed E-state index contributed by atoms with van der Waals surface area (Å²) in [5, 5.41) is 3.44. The molecule has 2 heterocycles. The van der Waals surface area contributed by atoms with Gasteiger partial charge < -0.3 is 14.8 Å². The molecule has 1 atom stereocenters. The van der Waals surface area contributed by atoms with Gasteiger partial charge in [0.25, 0.3) is 5.88 Å². The van der Waals surface area contributed by atoms with Crippen molar-refractivity contribution < 1.29 is 9.47 Å². The number of fused-ring (bicyclic) bond motifs is 1. The molecule has 1 aliphatic carbocycles. The lowest BCUT2D eigenvalue weighted by Gasteiger charge is -2.17. The Labute approximate surface area is 113 Å².